The van der Waals surface area contributed by atoms with Crippen LogP contribution in [0.15, 0.2) is 70.1 Å². The lowest BCUT2D eigenvalue weighted by Crippen LogP contribution is -2.01. The van der Waals surface area contributed by atoms with Gasteiger partial charge in [0.25, 0.3) is 5.89 Å². The largest absolute Gasteiger partial charge is 0.414 e. The lowest BCUT2D eigenvalue weighted by atomic mass is 10.1. The van der Waals surface area contributed by atoms with Gasteiger partial charge in [-0.05, 0) is 18.2 Å². The summed E-state index contributed by atoms with van der Waals surface area (Å²) in [5.74, 6) is 0.722. The smallest absolute Gasteiger partial charge is 0.270 e. The Hall–Kier alpha value is -3.39. The van der Waals surface area contributed by atoms with Gasteiger partial charge in [-0.3, -0.25) is 4.21 Å². The molecule has 1 atom stereocenters. The second-order valence-corrected chi connectivity index (χ2v) is 7.07. The van der Waals surface area contributed by atoms with Gasteiger partial charge in [-0.1, -0.05) is 50.2 Å². The molecule has 1 unspecified atom stereocenters. The highest BCUT2D eigenvalue weighted by Gasteiger charge is 2.18. The number of anilines is 1. The molecule has 2 N–H and O–H groups in total. The highest BCUT2D eigenvalue weighted by Crippen LogP contribution is 2.29. The Labute approximate surface area is 171 Å². The van der Waals surface area contributed by atoms with Crippen molar-refractivity contribution in [3.05, 3.63) is 60.8 Å². The molecule has 148 valence electrons. The molecule has 0 saturated heterocycles. The van der Waals surface area contributed by atoms with Crippen molar-refractivity contribution in [3.8, 4) is 34.3 Å². The molecule has 0 fully saturated rings. The van der Waals surface area contributed by atoms with Crippen molar-refractivity contribution in [2.24, 2.45) is 0 Å². The van der Waals surface area contributed by atoms with E-state index in [1.807, 2.05) is 62.4 Å². The number of nitrogens with zero attached hydrogens (tertiary/aromatic N) is 4. The number of hydrogen-bond acceptors (Lipinski definition) is 7. The monoisotopic (exact) mass is 407 g/mol. The minimum atomic E-state index is -1.17. The molecule has 0 amide bonds. The molecule has 4 aromatic rings. The van der Waals surface area contributed by atoms with E-state index in [0.29, 0.717) is 22.2 Å². The maximum Gasteiger partial charge on any atom is 0.270 e. The summed E-state index contributed by atoms with van der Waals surface area (Å²) >= 11 is 0. The molecule has 2 aromatic heterocycles. The van der Waals surface area contributed by atoms with Crippen LogP contribution in [0.5, 0.6) is 0 Å². The van der Waals surface area contributed by atoms with Gasteiger partial charge < -0.3 is 10.2 Å². The number of aromatic nitrogens is 4. The van der Waals surface area contributed by atoms with Crippen LogP contribution in [0.1, 0.15) is 13.8 Å². The Kier molecular flexibility index (Phi) is 6.46. The van der Waals surface area contributed by atoms with Crippen LogP contribution in [0.3, 0.4) is 0 Å². The number of hydrogen-bond donors (Lipinski definition) is 1. The van der Waals surface area contributed by atoms with Crippen LogP contribution in [-0.4, -0.2) is 30.6 Å². The Morgan fingerprint density at radius 3 is 2.31 bits per heavy atom. The summed E-state index contributed by atoms with van der Waals surface area (Å²) in [6.45, 7) is 4.00. The van der Waals surface area contributed by atoms with Crippen molar-refractivity contribution < 1.29 is 8.63 Å². The van der Waals surface area contributed by atoms with Crippen LogP contribution in [0.4, 0.5) is 5.82 Å². The summed E-state index contributed by atoms with van der Waals surface area (Å²) in [5.41, 5.74) is 8.32. The second-order valence-electron chi connectivity index (χ2n) is 5.72. The third-order valence-electron chi connectivity index (χ3n) is 3.92. The third kappa shape index (κ3) is 4.38. The van der Waals surface area contributed by atoms with Crippen molar-refractivity contribution in [1.82, 2.24) is 20.2 Å². The van der Waals surface area contributed by atoms with Gasteiger partial charge in [0.05, 0.1) is 22.7 Å². The fraction of sp³-hybridized carbons (Fsp3) is 0.143. The topological polar surface area (TPSA) is 108 Å². The van der Waals surface area contributed by atoms with E-state index in [-0.39, 0.29) is 11.7 Å². The summed E-state index contributed by atoms with van der Waals surface area (Å²) < 4.78 is 17.8. The number of benzene rings is 2. The molecule has 0 radical (unpaired) electrons. The molecular weight excluding hydrogens is 386 g/mol. The molecular formula is C21H21N5O2S. The van der Waals surface area contributed by atoms with Crippen molar-refractivity contribution in [2.45, 2.75) is 18.7 Å². The quantitative estimate of drug-likeness (QED) is 0.540. The number of nitrogens with two attached hydrogens (primary N) is 1. The SMILES string of the molecule is CC.CS(=O)c1ccccc1-c1cnc(N)c(-c2nnc(-c3ccccc3)o2)n1. The van der Waals surface area contributed by atoms with Crippen LogP contribution in [-0.2, 0) is 10.8 Å². The molecule has 0 saturated carbocycles. The highest BCUT2D eigenvalue weighted by molar-refractivity contribution is 7.84. The van der Waals surface area contributed by atoms with E-state index >= 15 is 0 Å². The zero-order valence-corrected chi connectivity index (χ0v) is 17.2. The van der Waals surface area contributed by atoms with Crippen LogP contribution < -0.4 is 5.73 Å². The molecule has 0 bridgehead atoms. The zero-order valence-electron chi connectivity index (χ0n) is 16.4. The first-order chi connectivity index (χ1) is 14.1. The molecule has 0 aliphatic carbocycles. The first kappa shape index (κ1) is 20.3. The van der Waals surface area contributed by atoms with Gasteiger partial charge in [-0.25, -0.2) is 9.97 Å². The molecule has 8 heteroatoms. The second kappa shape index (κ2) is 9.20. The van der Waals surface area contributed by atoms with Crippen LogP contribution in [0.25, 0.3) is 34.3 Å². The fourth-order valence-electron chi connectivity index (χ4n) is 2.63. The lowest BCUT2D eigenvalue weighted by Gasteiger charge is -2.08. The van der Waals surface area contributed by atoms with Crippen LogP contribution >= 0.6 is 0 Å². The average molecular weight is 407 g/mol. The standard InChI is InChI=1S/C19H15N5O2S.C2H6/c1-27(25)15-10-6-5-9-13(15)14-11-21-17(20)16(22-14)19-24-23-18(26-19)12-7-3-2-4-8-12;1-2/h2-11H,1H3,(H2,20,21);1-2H3. The van der Waals surface area contributed by atoms with Crippen LogP contribution in [0, 0.1) is 0 Å². The minimum absolute atomic E-state index is 0.177. The van der Waals surface area contributed by atoms with Crippen molar-refractivity contribution >= 4 is 16.6 Å². The predicted octanol–water partition coefficient (Wildman–Crippen LogP) is 4.21. The summed E-state index contributed by atoms with van der Waals surface area (Å²) in [6, 6.07) is 16.7. The van der Waals surface area contributed by atoms with E-state index in [0.717, 1.165) is 11.1 Å². The Bertz CT molecular complexity index is 1130. The Morgan fingerprint density at radius 2 is 1.59 bits per heavy atom. The fourth-order valence-corrected chi connectivity index (χ4v) is 3.38. The van der Waals surface area contributed by atoms with E-state index < -0.39 is 10.8 Å². The van der Waals surface area contributed by atoms with Crippen molar-refractivity contribution in [2.75, 3.05) is 12.0 Å². The average Bonchev–Trinajstić information content (AvgIpc) is 3.26. The normalized spacial score (nSPS) is 11.4. The molecule has 0 aliphatic heterocycles. The molecule has 0 spiro atoms. The van der Waals surface area contributed by atoms with Crippen LogP contribution in [0.2, 0.25) is 0 Å². The predicted molar refractivity (Wildman–Crippen MR) is 114 cm³/mol. The van der Waals surface area contributed by atoms with E-state index in [1.165, 1.54) is 0 Å². The van der Waals surface area contributed by atoms with Gasteiger partial charge in [-0.2, -0.15) is 0 Å². The summed E-state index contributed by atoms with van der Waals surface area (Å²) in [4.78, 5) is 9.41. The first-order valence-electron chi connectivity index (χ1n) is 9.08. The molecule has 7 nitrogen and oxygen atoms in total. The molecule has 2 heterocycles. The maximum absolute atomic E-state index is 12.0. The van der Waals surface area contributed by atoms with Gasteiger partial charge in [0.2, 0.25) is 5.89 Å². The lowest BCUT2D eigenvalue weighted by molar-refractivity contribution is 0.582. The molecule has 0 aliphatic rings. The number of nitrogen functional groups attached to an aromatic ring is 1. The molecule has 29 heavy (non-hydrogen) atoms. The first-order valence-corrected chi connectivity index (χ1v) is 10.6. The van der Waals surface area contributed by atoms with Gasteiger partial charge >= 0.3 is 0 Å². The van der Waals surface area contributed by atoms with Gasteiger partial charge in [0, 0.05) is 22.3 Å². The van der Waals surface area contributed by atoms with Crippen molar-refractivity contribution in [1.29, 1.82) is 0 Å². The van der Waals surface area contributed by atoms with Gasteiger partial charge in [-0.15, -0.1) is 10.2 Å². The Morgan fingerprint density at radius 1 is 0.931 bits per heavy atom. The highest BCUT2D eigenvalue weighted by atomic mass is 32.2. The maximum atomic E-state index is 12.0. The van der Waals surface area contributed by atoms with E-state index in [1.54, 1.807) is 18.5 Å². The molecule has 4 rings (SSSR count). The minimum Gasteiger partial charge on any atom is -0.414 e. The number of rotatable bonds is 4. The van der Waals surface area contributed by atoms with E-state index in [4.69, 9.17) is 10.2 Å². The van der Waals surface area contributed by atoms with E-state index in [2.05, 4.69) is 20.2 Å². The Balaban J connectivity index is 0.00000117. The summed E-state index contributed by atoms with van der Waals surface area (Å²) in [6.07, 6.45) is 3.16. The van der Waals surface area contributed by atoms with Gasteiger partial charge in [0.15, 0.2) is 11.5 Å². The van der Waals surface area contributed by atoms with E-state index in [9.17, 15) is 4.21 Å². The van der Waals surface area contributed by atoms with Gasteiger partial charge in [0.1, 0.15) is 0 Å². The summed E-state index contributed by atoms with van der Waals surface area (Å²) in [7, 11) is -1.17. The van der Waals surface area contributed by atoms with Crippen molar-refractivity contribution in [3.63, 3.8) is 0 Å². The third-order valence-corrected chi connectivity index (χ3v) is 4.90. The molecule has 2 aromatic carbocycles. The zero-order chi connectivity index (χ0) is 20.8. The summed E-state index contributed by atoms with van der Waals surface area (Å²) in [5, 5.41) is 8.12.